The summed E-state index contributed by atoms with van der Waals surface area (Å²) in [7, 11) is 0. The highest BCUT2D eigenvalue weighted by atomic mass is 32.2. The predicted octanol–water partition coefficient (Wildman–Crippen LogP) is 10.4. The first kappa shape index (κ1) is 27.6. The third-order valence-corrected chi connectivity index (χ3v) is 10.2. The van der Waals surface area contributed by atoms with Gasteiger partial charge in [0, 0.05) is 21.7 Å². The lowest BCUT2D eigenvalue weighted by Crippen LogP contribution is -2.33. The molecule has 7 aromatic rings. The molecule has 2 unspecified atom stereocenters. The smallest absolute Gasteiger partial charge is 0.159 e. The van der Waals surface area contributed by atoms with Crippen LogP contribution >= 0.6 is 11.8 Å². The monoisotopic (exact) mass is 622 g/mol. The van der Waals surface area contributed by atoms with Crippen LogP contribution in [0.15, 0.2) is 173 Å². The largest absolute Gasteiger partial charge is 0.368 e. The second kappa shape index (κ2) is 11.6. The van der Waals surface area contributed by atoms with Crippen molar-refractivity contribution in [3.8, 4) is 11.1 Å². The highest BCUT2D eigenvalue weighted by Gasteiger charge is 2.25. The van der Waals surface area contributed by atoms with Crippen molar-refractivity contribution in [2.75, 3.05) is 5.32 Å². The van der Waals surface area contributed by atoms with Crippen molar-refractivity contribution in [2.45, 2.75) is 16.4 Å². The van der Waals surface area contributed by atoms with Crippen LogP contribution < -0.4 is 10.6 Å². The fourth-order valence-electron chi connectivity index (χ4n) is 6.49. The lowest BCUT2D eigenvalue weighted by Gasteiger charge is -2.24. The standard InChI is InChI=1S/C42H30N4S/c1-3-11-29(12-4-1)39-44-40(46-41(45-39)35-21-18-27-10-7-8-15-31(27)24-35)34-17-9-16-32(25-34)33-20-19-28-22-23-37-38(36(28)26-33)47-42(43-37)30-13-5-2-6-14-30/h1-26,41-43H,(H,44,45,46). The van der Waals surface area contributed by atoms with E-state index >= 15 is 0 Å². The molecule has 224 valence electrons. The molecule has 0 spiro atoms. The van der Waals surface area contributed by atoms with Crippen LogP contribution in [-0.4, -0.2) is 11.7 Å². The number of nitrogens with one attached hydrogen (secondary N) is 2. The molecule has 9 rings (SSSR count). The third kappa shape index (κ3) is 5.25. The average molecular weight is 623 g/mol. The van der Waals surface area contributed by atoms with Gasteiger partial charge in [0.2, 0.25) is 0 Å². The van der Waals surface area contributed by atoms with Crippen LogP contribution in [-0.2, 0) is 0 Å². The number of benzene rings is 7. The second-order valence-electron chi connectivity index (χ2n) is 11.9. The van der Waals surface area contributed by atoms with Gasteiger partial charge in [-0.05, 0) is 68.1 Å². The number of fused-ring (bicyclic) bond motifs is 4. The zero-order valence-corrected chi connectivity index (χ0v) is 26.3. The minimum atomic E-state index is -0.267. The van der Waals surface area contributed by atoms with E-state index in [-0.39, 0.29) is 11.5 Å². The normalized spacial score (nSPS) is 17.0. The van der Waals surface area contributed by atoms with Gasteiger partial charge in [-0.3, -0.25) is 0 Å². The Morgan fingerprint density at radius 2 is 1.19 bits per heavy atom. The van der Waals surface area contributed by atoms with Crippen molar-refractivity contribution in [1.82, 2.24) is 5.32 Å². The molecular weight excluding hydrogens is 593 g/mol. The van der Waals surface area contributed by atoms with Crippen molar-refractivity contribution in [3.05, 3.63) is 180 Å². The molecule has 0 aliphatic carbocycles. The summed E-state index contributed by atoms with van der Waals surface area (Å²) in [5, 5.41) is 12.5. The zero-order chi connectivity index (χ0) is 31.2. The highest BCUT2D eigenvalue weighted by molar-refractivity contribution is 8.00. The molecule has 0 saturated carbocycles. The Hall–Kier alpha value is -5.65. The molecule has 2 aliphatic rings. The van der Waals surface area contributed by atoms with Crippen LogP contribution in [0.1, 0.15) is 33.8 Å². The number of hydrogen-bond acceptors (Lipinski definition) is 5. The molecule has 4 nitrogen and oxygen atoms in total. The lowest BCUT2D eigenvalue weighted by atomic mass is 9.98. The summed E-state index contributed by atoms with van der Waals surface area (Å²) < 4.78 is 0. The highest BCUT2D eigenvalue weighted by Crippen LogP contribution is 2.50. The Bertz CT molecular complexity index is 2350. The van der Waals surface area contributed by atoms with Gasteiger partial charge >= 0.3 is 0 Å². The number of thioether (sulfide) groups is 1. The number of anilines is 1. The van der Waals surface area contributed by atoms with E-state index in [1.54, 1.807) is 0 Å². The molecule has 0 saturated heterocycles. The zero-order valence-electron chi connectivity index (χ0n) is 25.5. The van der Waals surface area contributed by atoms with Crippen molar-refractivity contribution in [2.24, 2.45) is 9.98 Å². The van der Waals surface area contributed by atoms with Crippen LogP contribution in [0.5, 0.6) is 0 Å². The van der Waals surface area contributed by atoms with Crippen LogP contribution in [0.25, 0.3) is 32.7 Å². The number of hydrogen-bond donors (Lipinski definition) is 2. The second-order valence-corrected chi connectivity index (χ2v) is 13.1. The van der Waals surface area contributed by atoms with Crippen molar-refractivity contribution < 1.29 is 0 Å². The van der Waals surface area contributed by atoms with E-state index in [9.17, 15) is 0 Å². The molecule has 2 heterocycles. The first-order valence-corrected chi connectivity index (χ1v) is 16.8. The van der Waals surface area contributed by atoms with Crippen molar-refractivity contribution in [1.29, 1.82) is 0 Å². The Morgan fingerprint density at radius 1 is 0.489 bits per heavy atom. The Kier molecular flexibility index (Phi) is 6.83. The molecule has 0 aromatic heterocycles. The molecule has 0 amide bonds. The first-order chi connectivity index (χ1) is 23.2. The van der Waals surface area contributed by atoms with E-state index in [1.165, 1.54) is 43.3 Å². The lowest BCUT2D eigenvalue weighted by molar-refractivity contribution is 0.675. The van der Waals surface area contributed by atoms with Crippen LogP contribution in [0.2, 0.25) is 0 Å². The average Bonchev–Trinajstić information content (AvgIpc) is 3.60. The number of nitrogens with zero attached hydrogens (tertiary/aromatic N) is 2. The molecule has 0 radical (unpaired) electrons. The molecule has 5 heteroatoms. The molecular formula is C42H30N4S. The molecule has 0 fully saturated rings. The summed E-state index contributed by atoms with van der Waals surface area (Å²) in [6.07, 6.45) is -0.267. The fourth-order valence-corrected chi connectivity index (χ4v) is 7.76. The van der Waals surface area contributed by atoms with Gasteiger partial charge in [-0.2, -0.15) is 0 Å². The van der Waals surface area contributed by atoms with Crippen LogP contribution in [0.3, 0.4) is 0 Å². The first-order valence-electron chi connectivity index (χ1n) is 15.9. The van der Waals surface area contributed by atoms with E-state index in [0.717, 1.165) is 33.9 Å². The molecule has 7 aromatic carbocycles. The topological polar surface area (TPSA) is 48.8 Å². The molecule has 47 heavy (non-hydrogen) atoms. The summed E-state index contributed by atoms with van der Waals surface area (Å²) in [6, 6.07) is 55.8. The maximum absolute atomic E-state index is 5.18. The van der Waals surface area contributed by atoms with Crippen molar-refractivity contribution in [3.63, 3.8) is 0 Å². The summed E-state index contributed by atoms with van der Waals surface area (Å²) in [6.45, 7) is 0. The SMILES string of the molecule is c1ccc(C2=NC(c3cccc(-c4ccc5ccc6c(c5c4)SC(c4ccccc4)N6)c3)=NC(c3ccc4ccccc4c3)N2)cc1. The van der Waals surface area contributed by atoms with Gasteiger partial charge < -0.3 is 10.6 Å². The Morgan fingerprint density at radius 3 is 2.06 bits per heavy atom. The van der Waals surface area contributed by atoms with E-state index in [2.05, 4.69) is 150 Å². The quantitative estimate of drug-likeness (QED) is 0.201. The molecule has 2 aliphatic heterocycles. The molecule has 2 N–H and O–H groups in total. The van der Waals surface area contributed by atoms with Gasteiger partial charge in [0.25, 0.3) is 0 Å². The van der Waals surface area contributed by atoms with Gasteiger partial charge in [-0.25, -0.2) is 9.98 Å². The van der Waals surface area contributed by atoms with Crippen LogP contribution in [0, 0.1) is 0 Å². The summed E-state index contributed by atoms with van der Waals surface area (Å²) in [5.41, 5.74) is 7.90. The van der Waals surface area contributed by atoms with E-state index < -0.39 is 0 Å². The molecule has 0 bridgehead atoms. The Labute approximate surface area is 277 Å². The van der Waals surface area contributed by atoms with E-state index in [4.69, 9.17) is 9.98 Å². The van der Waals surface area contributed by atoms with Gasteiger partial charge in [0.15, 0.2) is 5.84 Å². The third-order valence-electron chi connectivity index (χ3n) is 8.93. The maximum atomic E-state index is 5.18. The van der Waals surface area contributed by atoms with E-state index in [1.807, 2.05) is 30.0 Å². The molecule has 2 atom stereocenters. The fraction of sp³-hybridized carbons (Fsp3) is 0.0476. The van der Waals surface area contributed by atoms with E-state index in [0.29, 0.717) is 0 Å². The maximum Gasteiger partial charge on any atom is 0.159 e. The minimum Gasteiger partial charge on any atom is -0.368 e. The summed E-state index contributed by atoms with van der Waals surface area (Å²) in [4.78, 5) is 11.6. The van der Waals surface area contributed by atoms with Crippen LogP contribution in [0.4, 0.5) is 5.69 Å². The van der Waals surface area contributed by atoms with Gasteiger partial charge in [-0.15, -0.1) is 0 Å². The van der Waals surface area contributed by atoms with Gasteiger partial charge in [0.1, 0.15) is 17.4 Å². The van der Waals surface area contributed by atoms with Gasteiger partial charge in [0.05, 0.1) is 0 Å². The minimum absolute atomic E-state index is 0.203. The van der Waals surface area contributed by atoms with Crippen molar-refractivity contribution >= 4 is 50.7 Å². The summed E-state index contributed by atoms with van der Waals surface area (Å²) >= 11 is 1.89. The Balaban J connectivity index is 1.10. The number of rotatable bonds is 5. The van der Waals surface area contributed by atoms with Gasteiger partial charge in [-0.1, -0.05) is 145 Å². The number of aliphatic imine (C=N–C) groups is 2. The summed E-state index contributed by atoms with van der Waals surface area (Å²) in [5.74, 6) is 1.53. The predicted molar refractivity (Wildman–Crippen MR) is 197 cm³/mol. The number of amidine groups is 2.